The molecule has 0 amide bonds. The molecular formula is C15H12ClN3O. The molecule has 100 valence electrons. The van der Waals surface area contributed by atoms with Crippen molar-refractivity contribution in [3.63, 3.8) is 0 Å². The smallest absolute Gasteiger partial charge is 0.141 e. The fourth-order valence-electron chi connectivity index (χ4n) is 2.01. The molecule has 0 aliphatic rings. The maximum absolute atomic E-state index is 9.16. The van der Waals surface area contributed by atoms with Crippen molar-refractivity contribution in [3.05, 3.63) is 59.4 Å². The maximum Gasteiger partial charge on any atom is 0.141 e. The first-order valence-corrected chi connectivity index (χ1v) is 6.51. The summed E-state index contributed by atoms with van der Waals surface area (Å²) in [7, 11) is 0. The Morgan fingerprint density at radius 1 is 1.10 bits per heavy atom. The number of aliphatic hydroxyl groups excluding tert-OH is 1. The summed E-state index contributed by atoms with van der Waals surface area (Å²) in [6.07, 6.45) is 1.50. The third-order valence-corrected chi connectivity index (χ3v) is 3.21. The minimum Gasteiger partial charge on any atom is -0.392 e. The molecule has 1 heterocycles. The molecule has 0 bridgehead atoms. The van der Waals surface area contributed by atoms with E-state index < -0.39 is 0 Å². The number of fused-ring (bicyclic) bond motifs is 1. The molecule has 0 fully saturated rings. The molecule has 4 nitrogen and oxygen atoms in total. The molecular weight excluding hydrogens is 274 g/mol. The van der Waals surface area contributed by atoms with Crippen molar-refractivity contribution in [3.8, 4) is 0 Å². The van der Waals surface area contributed by atoms with E-state index in [0.29, 0.717) is 10.8 Å². The van der Waals surface area contributed by atoms with Gasteiger partial charge in [-0.1, -0.05) is 23.7 Å². The average Bonchev–Trinajstić information content (AvgIpc) is 2.47. The van der Waals surface area contributed by atoms with Crippen LogP contribution in [0.4, 0.5) is 11.5 Å². The third kappa shape index (κ3) is 2.57. The van der Waals surface area contributed by atoms with Crippen LogP contribution in [0.5, 0.6) is 0 Å². The molecule has 3 rings (SSSR count). The SMILES string of the molecule is OCc1cccc(Nc2ncnc3cc(Cl)ccc23)c1. The zero-order chi connectivity index (χ0) is 13.9. The van der Waals surface area contributed by atoms with E-state index in [2.05, 4.69) is 15.3 Å². The van der Waals surface area contributed by atoms with Gasteiger partial charge >= 0.3 is 0 Å². The Bertz CT molecular complexity index is 761. The Morgan fingerprint density at radius 2 is 2.00 bits per heavy atom. The van der Waals surface area contributed by atoms with Gasteiger partial charge in [0.15, 0.2) is 0 Å². The van der Waals surface area contributed by atoms with Crippen molar-refractivity contribution in [2.75, 3.05) is 5.32 Å². The Balaban J connectivity index is 2.02. The summed E-state index contributed by atoms with van der Waals surface area (Å²) >= 11 is 5.96. The molecule has 2 N–H and O–H groups in total. The predicted octanol–water partition coefficient (Wildman–Crippen LogP) is 3.52. The quantitative estimate of drug-likeness (QED) is 0.773. The van der Waals surface area contributed by atoms with Crippen molar-refractivity contribution < 1.29 is 5.11 Å². The second-order valence-corrected chi connectivity index (χ2v) is 4.80. The summed E-state index contributed by atoms with van der Waals surface area (Å²) in [6, 6.07) is 13.0. The number of nitrogens with zero attached hydrogens (tertiary/aromatic N) is 2. The van der Waals surface area contributed by atoms with Crippen LogP contribution in [0.1, 0.15) is 5.56 Å². The Labute approximate surface area is 121 Å². The number of nitrogens with one attached hydrogen (secondary N) is 1. The number of aliphatic hydroxyl groups is 1. The first-order valence-electron chi connectivity index (χ1n) is 6.13. The fourth-order valence-corrected chi connectivity index (χ4v) is 2.18. The number of halogens is 1. The van der Waals surface area contributed by atoms with Crippen LogP contribution >= 0.6 is 11.6 Å². The summed E-state index contributed by atoms with van der Waals surface area (Å²) < 4.78 is 0. The van der Waals surface area contributed by atoms with Crippen LogP contribution in [0, 0.1) is 0 Å². The molecule has 0 atom stereocenters. The second-order valence-electron chi connectivity index (χ2n) is 4.37. The van der Waals surface area contributed by atoms with Crippen molar-refractivity contribution in [2.45, 2.75) is 6.61 Å². The molecule has 1 aromatic heterocycles. The normalized spacial score (nSPS) is 10.7. The molecule has 0 saturated carbocycles. The van der Waals surface area contributed by atoms with Crippen LogP contribution < -0.4 is 5.32 Å². The summed E-state index contributed by atoms with van der Waals surface area (Å²) in [5, 5.41) is 13.9. The Morgan fingerprint density at radius 3 is 2.85 bits per heavy atom. The average molecular weight is 286 g/mol. The van der Waals surface area contributed by atoms with E-state index in [4.69, 9.17) is 16.7 Å². The highest BCUT2D eigenvalue weighted by molar-refractivity contribution is 6.31. The highest BCUT2D eigenvalue weighted by Gasteiger charge is 2.05. The van der Waals surface area contributed by atoms with Crippen LogP contribution in [0.25, 0.3) is 10.9 Å². The van der Waals surface area contributed by atoms with E-state index in [-0.39, 0.29) is 6.61 Å². The van der Waals surface area contributed by atoms with E-state index in [1.807, 2.05) is 36.4 Å². The topological polar surface area (TPSA) is 58.0 Å². The van der Waals surface area contributed by atoms with E-state index in [9.17, 15) is 0 Å². The lowest BCUT2D eigenvalue weighted by atomic mass is 10.2. The Hall–Kier alpha value is -2.17. The second kappa shape index (κ2) is 5.45. The number of hydrogen-bond acceptors (Lipinski definition) is 4. The number of rotatable bonds is 3. The Kier molecular flexibility index (Phi) is 3.50. The minimum absolute atomic E-state index is 0.00957. The van der Waals surface area contributed by atoms with Gasteiger partial charge in [0.1, 0.15) is 12.1 Å². The summed E-state index contributed by atoms with van der Waals surface area (Å²) in [4.78, 5) is 8.46. The van der Waals surface area contributed by atoms with E-state index in [1.165, 1.54) is 6.33 Å². The first kappa shape index (κ1) is 12.8. The zero-order valence-corrected chi connectivity index (χ0v) is 11.3. The lowest BCUT2D eigenvalue weighted by Crippen LogP contribution is -1.96. The van der Waals surface area contributed by atoms with Gasteiger partial charge in [0.05, 0.1) is 12.1 Å². The standard InChI is InChI=1S/C15H12ClN3O/c16-11-4-5-13-14(7-11)17-9-18-15(13)19-12-3-1-2-10(6-12)8-20/h1-7,9,20H,8H2,(H,17,18,19). The van der Waals surface area contributed by atoms with Gasteiger partial charge in [-0.05, 0) is 35.9 Å². The van der Waals surface area contributed by atoms with Crippen LogP contribution in [-0.4, -0.2) is 15.1 Å². The molecule has 0 unspecified atom stereocenters. The largest absolute Gasteiger partial charge is 0.392 e. The van der Waals surface area contributed by atoms with Crippen LogP contribution in [0.3, 0.4) is 0 Å². The number of anilines is 2. The van der Waals surface area contributed by atoms with E-state index in [0.717, 1.165) is 22.2 Å². The minimum atomic E-state index is 0.00957. The predicted molar refractivity (Wildman–Crippen MR) is 80.2 cm³/mol. The van der Waals surface area contributed by atoms with Gasteiger partial charge in [0.2, 0.25) is 0 Å². The zero-order valence-electron chi connectivity index (χ0n) is 10.5. The van der Waals surface area contributed by atoms with Crippen molar-refractivity contribution in [2.24, 2.45) is 0 Å². The van der Waals surface area contributed by atoms with Gasteiger partial charge in [0, 0.05) is 16.1 Å². The lowest BCUT2D eigenvalue weighted by molar-refractivity contribution is 0.282. The van der Waals surface area contributed by atoms with Gasteiger partial charge in [0.25, 0.3) is 0 Å². The number of benzene rings is 2. The molecule has 0 radical (unpaired) electrons. The van der Waals surface area contributed by atoms with Gasteiger partial charge in [-0.15, -0.1) is 0 Å². The molecule has 20 heavy (non-hydrogen) atoms. The molecule has 0 aliphatic carbocycles. The molecule has 0 aliphatic heterocycles. The van der Waals surface area contributed by atoms with Gasteiger partial charge in [-0.2, -0.15) is 0 Å². The van der Waals surface area contributed by atoms with E-state index >= 15 is 0 Å². The molecule has 3 aromatic rings. The van der Waals surface area contributed by atoms with Gasteiger partial charge < -0.3 is 10.4 Å². The van der Waals surface area contributed by atoms with Crippen molar-refractivity contribution in [1.29, 1.82) is 0 Å². The molecule has 5 heteroatoms. The molecule has 0 saturated heterocycles. The number of hydrogen-bond donors (Lipinski definition) is 2. The lowest BCUT2D eigenvalue weighted by Gasteiger charge is -2.09. The van der Waals surface area contributed by atoms with Crippen molar-refractivity contribution in [1.82, 2.24) is 9.97 Å². The highest BCUT2D eigenvalue weighted by atomic mass is 35.5. The monoisotopic (exact) mass is 285 g/mol. The summed E-state index contributed by atoms with van der Waals surface area (Å²) in [6.45, 7) is 0.00957. The summed E-state index contributed by atoms with van der Waals surface area (Å²) in [5.41, 5.74) is 2.50. The maximum atomic E-state index is 9.16. The van der Waals surface area contributed by atoms with E-state index in [1.54, 1.807) is 6.07 Å². The first-order chi connectivity index (χ1) is 9.76. The van der Waals surface area contributed by atoms with Gasteiger partial charge in [-0.25, -0.2) is 9.97 Å². The van der Waals surface area contributed by atoms with Crippen LogP contribution in [0.15, 0.2) is 48.8 Å². The molecule has 0 spiro atoms. The van der Waals surface area contributed by atoms with Crippen LogP contribution in [0.2, 0.25) is 5.02 Å². The summed E-state index contributed by atoms with van der Waals surface area (Å²) in [5.74, 6) is 0.710. The van der Waals surface area contributed by atoms with Crippen LogP contribution in [-0.2, 0) is 6.61 Å². The third-order valence-electron chi connectivity index (χ3n) is 2.97. The molecule has 2 aromatic carbocycles. The number of aromatic nitrogens is 2. The van der Waals surface area contributed by atoms with Crippen molar-refractivity contribution >= 4 is 34.0 Å². The fraction of sp³-hybridized carbons (Fsp3) is 0.0667. The van der Waals surface area contributed by atoms with Gasteiger partial charge in [-0.3, -0.25) is 0 Å². The highest BCUT2D eigenvalue weighted by Crippen LogP contribution is 2.25.